The van der Waals surface area contributed by atoms with Crippen LogP contribution in [0.15, 0.2) is 0 Å². The largest absolute Gasteiger partial charge is 0.394 e. The number of carbonyl (C=O) groups is 2. The van der Waals surface area contributed by atoms with Crippen molar-refractivity contribution < 1.29 is 36.6 Å². The number of hydrogen-bond donors (Lipinski definition) is 3. The molecule has 0 aliphatic heterocycles. The van der Waals surface area contributed by atoms with Crippen LogP contribution in [-0.2, 0) is 4.79 Å². The van der Waals surface area contributed by atoms with Crippen LogP contribution in [0.3, 0.4) is 0 Å². The number of nitrogens with one attached hydrogen (secondary N) is 2. The third-order valence-corrected chi connectivity index (χ3v) is 5.31. The summed E-state index contributed by atoms with van der Waals surface area (Å²) in [4.78, 5) is 24.3. The molecule has 0 aromatic heterocycles. The van der Waals surface area contributed by atoms with Crippen molar-refractivity contribution in [2.75, 3.05) is 6.61 Å². The first-order valence-electron chi connectivity index (χ1n) is 8.48. The van der Waals surface area contributed by atoms with Gasteiger partial charge in [-0.05, 0) is 31.1 Å². The molecule has 3 unspecified atom stereocenters. The van der Waals surface area contributed by atoms with Crippen molar-refractivity contribution in [3.05, 3.63) is 34.6 Å². The van der Waals surface area contributed by atoms with Gasteiger partial charge in [-0.1, -0.05) is 6.42 Å². The van der Waals surface area contributed by atoms with Gasteiger partial charge in [-0.2, -0.15) is 0 Å². The average Bonchev–Trinajstić information content (AvgIpc) is 3.25. The van der Waals surface area contributed by atoms with Crippen LogP contribution >= 0.6 is 0 Å². The number of halogens is 5. The molecule has 3 N–H and O–H groups in total. The lowest BCUT2D eigenvalue weighted by molar-refractivity contribution is -0.124. The van der Waals surface area contributed by atoms with Crippen LogP contribution in [0.4, 0.5) is 22.0 Å². The first kappa shape index (κ1) is 19.5. The van der Waals surface area contributed by atoms with Crippen molar-refractivity contribution in [1.82, 2.24) is 10.6 Å². The summed E-state index contributed by atoms with van der Waals surface area (Å²) < 4.78 is 66.9. The zero-order valence-electron chi connectivity index (χ0n) is 14.0. The summed E-state index contributed by atoms with van der Waals surface area (Å²) in [6, 6.07) is -1.72. The maximum absolute atomic E-state index is 13.7. The molecule has 0 radical (unpaired) electrons. The van der Waals surface area contributed by atoms with Crippen LogP contribution in [-0.4, -0.2) is 35.6 Å². The lowest BCUT2D eigenvalue weighted by atomic mass is 9.95. The molecule has 0 saturated heterocycles. The molecule has 5 nitrogen and oxygen atoms in total. The molecule has 10 heteroatoms. The Labute approximate surface area is 150 Å². The molecule has 2 aliphatic rings. The maximum Gasteiger partial charge on any atom is 0.258 e. The number of carbonyl (C=O) groups excluding carboxylic acids is 2. The Kier molecular flexibility index (Phi) is 5.36. The highest BCUT2D eigenvalue weighted by Crippen LogP contribution is 2.44. The fraction of sp³-hybridized carbons (Fsp3) is 0.529. The Balaban J connectivity index is 1.73. The normalized spacial score (nSPS) is 24.7. The second-order valence-electron chi connectivity index (χ2n) is 6.94. The van der Waals surface area contributed by atoms with Gasteiger partial charge in [0.15, 0.2) is 23.3 Å². The van der Waals surface area contributed by atoms with Crippen molar-refractivity contribution in [2.45, 2.75) is 37.8 Å². The van der Waals surface area contributed by atoms with Crippen molar-refractivity contribution in [1.29, 1.82) is 0 Å². The van der Waals surface area contributed by atoms with Crippen LogP contribution < -0.4 is 10.6 Å². The van der Waals surface area contributed by atoms with E-state index in [0.29, 0.717) is 11.8 Å². The minimum Gasteiger partial charge on any atom is -0.394 e. The topological polar surface area (TPSA) is 78.4 Å². The predicted octanol–water partition coefficient (Wildman–Crippen LogP) is 1.78. The van der Waals surface area contributed by atoms with Crippen LogP contribution in [0.5, 0.6) is 0 Å². The Morgan fingerprint density at radius 2 is 1.56 bits per heavy atom. The number of fused-ring (bicyclic) bond motifs is 2. The van der Waals surface area contributed by atoms with E-state index in [1.165, 1.54) is 0 Å². The smallest absolute Gasteiger partial charge is 0.258 e. The van der Waals surface area contributed by atoms with Gasteiger partial charge in [0.25, 0.3) is 5.91 Å². The highest BCUT2D eigenvalue weighted by Gasteiger charge is 2.41. The molecular formula is C17H17F5N2O3. The molecule has 0 heterocycles. The summed E-state index contributed by atoms with van der Waals surface area (Å²) in [5, 5.41) is 13.8. The summed E-state index contributed by atoms with van der Waals surface area (Å²) in [7, 11) is 0. The molecular weight excluding hydrogens is 375 g/mol. The fourth-order valence-corrected chi connectivity index (χ4v) is 3.93. The van der Waals surface area contributed by atoms with E-state index < -0.39 is 59.1 Å². The number of hydrogen-bond acceptors (Lipinski definition) is 3. The molecule has 2 fully saturated rings. The van der Waals surface area contributed by atoms with Gasteiger partial charge < -0.3 is 15.7 Å². The van der Waals surface area contributed by atoms with E-state index in [1.54, 1.807) is 0 Å². The van der Waals surface area contributed by atoms with E-state index in [2.05, 4.69) is 5.32 Å². The minimum absolute atomic E-state index is 0.128. The van der Waals surface area contributed by atoms with Crippen LogP contribution in [0, 0.1) is 40.9 Å². The molecule has 2 bridgehead atoms. The van der Waals surface area contributed by atoms with E-state index in [9.17, 15) is 36.6 Å². The van der Waals surface area contributed by atoms with E-state index in [4.69, 9.17) is 0 Å². The molecule has 2 saturated carbocycles. The quantitative estimate of drug-likeness (QED) is 0.406. The van der Waals surface area contributed by atoms with Gasteiger partial charge in [-0.25, -0.2) is 22.0 Å². The Morgan fingerprint density at radius 1 is 0.963 bits per heavy atom. The summed E-state index contributed by atoms with van der Waals surface area (Å²) in [5.74, 6) is -13.2. The van der Waals surface area contributed by atoms with Crippen LogP contribution in [0.2, 0.25) is 0 Å². The Hall–Kier alpha value is -2.23. The third-order valence-electron chi connectivity index (χ3n) is 5.31. The van der Waals surface area contributed by atoms with Gasteiger partial charge in [0.2, 0.25) is 11.7 Å². The number of aliphatic hydroxyl groups excluding tert-OH is 1. The Morgan fingerprint density at radius 3 is 2.04 bits per heavy atom. The standard InChI is InChI=1S/C17H17F5N2O3/c18-11-10(12(19)14(21)15(22)13(11)20)17(27)24-9(5-25)16(26)23-8-4-6-1-2-7(8)3-6/h6-9,25H,1-5H2,(H,23,26)(H,24,27)/t6?,7?,8?,9-/m0/s1. The molecule has 2 amide bonds. The molecule has 27 heavy (non-hydrogen) atoms. The number of benzene rings is 1. The van der Waals surface area contributed by atoms with Gasteiger partial charge in [-0.15, -0.1) is 0 Å². The highest BCUT2D eigenvalue weighted by molar-refractivity contribution is 5.98. The second-order valence-corrected chi connectivity index (χ2v) is 6.94. The van der Waals surface area contributed by atoms with E-state index in [0.717, 1.165) is 25.7 Å². The number of aliphatic hydroxyl groups is 1. The average molecular weight is 392 g/mol. The van der Waals surface area contributed by atoms with Crippen LogP contribution in [0.1, 0.15) is 36.0 Å². The molecule has 1 aromatic carbocycles. The van der Waals surface area contributed by atoms with Crippen LogP contribution in [0.25, 0.3) is 0 Å². The van der Waals surface area contributed by atoms with E-state index in [-0.39, 0.29) is 6.04 Å². The predicted molar refractivity (Wildman–Crippen MR) is 82.0 cm³/mol. The third kappa shape index (κ3) is 3.50. The van der Waals surface area contributed by atoms with Gasteiger partial charge in [0.05, 0.1) is 6.61 Å². The van der Waals surface area contributed by atoms with Gasteiger partial charge in [0, 0.05) is 6.04 Å². The monoisotopic (exact) mass is 392 g/mol. The van der Waals surface area contributed by atoms with Crippen molar-refractivity contribution >= 4 is 11.8 Å². The number of amides is 2. The maximum atomic E-state index is 13.7. The summed E-state index contributed by atoms with van der Waals surface area (Å²) in [6.45, 7) is -0.909. The first-order chi connectivity index (χ1) is 12.7. The van der Waals surface area contributed by atoms with E-state index in [1.807, 2.05) is 5.32 Å². The van der Waals surface area contributed by atoms with Gasteiger partial charge in [-0.3, -0.25) is 9.59 Å². The zero-order chi connectivity index (χ0) is 19.9. The Bertz CT molecular complexity index is 759. The molecule has 4 atom stereocenters. The zero-order valence-corrected chi connectivity index (χ0v) is 14.0. The molecule has 148 valence electrons. The highest BCUT2D eigenvalue weighted by atomic mass is 19.2. The lowest BCUT2D eigenvalue weighted by Gasteiger charge is -2.25. The second kappa shape index (κ2) is 7.41. The molecule has 2 aliphatic carbocycles. The SMILES string of the molecule is O=C(N[C@@H](CO)C(=O)NC1CC2CCC1C2)c1c(F)c(F)c(F)c(F)c1F. The number of rotatable bonds is 5. The first-order valence-corrected chi connectivity index (χ1v) is 8.48. The van der Waals surface area contributed by atoms with Gasteiger partial charge >= 0.3 is 0 Å². The summed E-state index contributed by atoms with van der Waals surface area (Å²) >= 11 is 0. The summed E-state index contributed by atoms with van der Waals surface area (Å²) in [5.41, 5.74) is -1.71. The molecule has 1 aromatic rings. The lowest BCUT2D eigenvalue weighted by Crippen LogP contribution is -2.52. The van der Waals surface area contributed by atoms with Crippen molar-refractivity contribution in [3.8, 4) is 0 Å². The molecule has 0 spiro atoms. The summed E-state index contributed by atoms with van der Waals surface area (Å²) in [6.07, 6.45) is 3.78. The van der Waals surface area contributed by atoms with Crippen molar-refractivity contribution in [3.63, 3.8) is 0 Å². The molecule has 3 rings (SSSR count). The minimum atomic E-state index is -2.39. The van der Waals surface area contributed by atoms with E-state index >= 15 is 0 Å². The van der Waals surface area contributed by atoms with Gasteiger partial charge in [0.1, 0.15) is 11.6 Å². The van der Waals surface area contributed by atoms with Crippen molar-refractivity contribution in [2.24, 2.45) is 11.8 Å². The fourth-order valence-electron chi connectivity index (χ4n) is 3.93.